The predicted octanol–water partition coefficient (Wildman–Crippen LogP) is 4.34. The van der Waals surface area contributed by atoms with E-state index in [1.54, 1.807) is 18.2 Å². The molecule has 0 radical (unpaired) electrons. The molecule has 3 aromatic rings. The number of ether oxygens (including phenoxy) is 1. The van der Waals surface area contributed by atoms with Gasteiger partial charge in [-0.3, -0.25) is 0 Å². The number of carboxylic acid groups (broad SMARTS) is 1. The van der Waals surface area contributed by atoms with Gasteiger partial charge in [0.25, 0.3) is 0 Å². The van der Waals surface area contributed by atoms with Gasteiger partial charge in [0.15, 0.2) is 0 Å². The van der Waals surface area contributed by atoms with Crippen molar-refractivity contribution in [2.24, 2.45) is 5.92 Å². The van der Waals surface area contributed by atoms with Crippen LogP contribution in [0.15, 0.2) is 72.8 Å². The van der Waals surface area contributed by atoms with E-state index in [1.807, 2.05) is 54.6 Å². The van der Waals surface area contributed by atoms with Gasteiger partial charge in [-0.2, -0.15) is 0 Å². The van der Waals surface area contributed by atoms with Crippen LogP contribution in [0.4, 0.5) is 0 Å². The molecule has 0 saturated heterocycles. The molecule has 0 amide bonds. The van der Waals surface area contributed by atoms with Crippen molar-refractivity contribution in [1.29, 1.82) is 0 Å². The number of aromatic carboxylic acids is 1. The zero-order chi connectivity index (χ0) is 18.8. The van der Waals surface area contributed by atoms with Crippen LogP contribution in [-0.2, 0) is 6.42 Å². The number of carboxylic acids is 1. The summed E-state index contributed by atoms with van der Waals surface area (Å²) in [5.74, 6) is -0.367. The van der Waals surface area contributed by atoms with Crippen molar-refractivity contribution >= 4 is 5.97 Å². The number of hydrogen-bond acceptors (Lipinski definition) is 3. The first-order valence-electron chi connectivity index (χ1n) is 8.95. The molecule has 4 rings (SSSR count). The van der Waals surface area contributed by atoms with Gasteiger partial charge in [0.05, 0.1) is 18.3 Å². The van der Waals surface area contributed by atoms with Gasteiger partial charge in [0.2, 0.25) is 0 Å². The molecule has 4 heteroatoms. The van der Waals surface area contributed by atoms with Crippen LogP contribution in [0.1, 0.15) is 27.6 Å². The van der Waals surface area contributed by atoms with E-state index in [1.165, 1.54) is 5.56 Å². The molecule has 27 heavy (non-hydrogen) atoms. The summed E-state index contributed by atoms with van der Waals surface area (Å²) in [6.45, 7) is 0.424. The second kappa shape index (κ2) is 7.25. The van der Waals surface area contributed by atoms with E-state index in [-0.39, 0.29) is 11.5 Å². The highest BCUT2D eigenvalue weighted by Crippen LogP contribution is 2.39. The molecule has 0 unspecified atom stereocenters. The van der Waals surface area contributed by atoms with Gasteiger partial charge in [-0.15, -0.1) is 0 Å². The molecule has 0 saturated carbocycles. The van der Waals surface area contributed by atoms with Gasteiger partial charge in [-0.1, -0.05) is 60.7 Å². The minimum Gasteiger partial charge on any atom is -0.493 e. The van der Waals surface area contributed by atoms with Crippen molar-refractivity contribution in [1.82, 2.24) is 0 Å². The Hall–Kier alpha value is -3.11. The Balaban J connectivity index is 1.62. The number of aliphatic hydroxyl groups is 1. The van der Waals surface area contributed by atoms with Crippen molar-refractivity contribution in [3.63, 3.8) is 0 Å². The van der Waals surface area contributed by atoms with Gasteiger partial charge < -0.3 is 14.9 Å². The lowest BCUT2D eigenvalue weighted by molar-refractivity contribution is 0.0508. The lowest BCUT2D eigenvalue weighted by Gasteiger charge is -2.31. The summed E-state index contributed by atoms with van der Waals surface area (Å²) >= 11 is 0. The summed E-state index contributed by atoms with van der Waals surface area (Å²) < 4.78 is 5.93. The second-order valence-electron chi connectivity index (χ2n) is 6.81. The zero-order valence-electron chi connectivity index (χ0n) is 14.7. The van der Waals surface area contributed by atoms with Gasteiger partial charge in [-0.05, 0) is 35.2 Å². The summed E-state index contributed by atoms with van der Waals surface area (Å²) in [7, 11) is 0. The van der Waals surface area contributed by atoms with Crippen molar-refractivity contribution < 1.29 is 19.7 Å². The molecular weight excluding hydrogens is 340 g/mol. The van der Waals surface area contributed by atoms with Crippen molar-refractivity contribution in [2.75, 3.05) is 6.61 Å². The van der Waals surface area contributed by atoms with E-state index in [4.69, 9.17) is 4.74 Å². The second-order valence-corrected chi connectivity index (χ2v) is 6.81. The third-order valence-electron chi connectivity index (χ3n) is 5.04. The van der Waals surface area contributed by atoms with Gasteiger partial charge >= 0.3 is 5.97 Å². The Morgan fingerprint density at radius 1 is 1.00 bits per heavy atom. The van der Waals surface area contributed by atoms with Crippen LogP contribution >= 0.6 is 0 Å². The van der Waals surface area contributed by atoms with Crippen molar-refractivity contribution in [3.8, 4) is 16.9 Å². The van der Waals surface area contributed by atoms with E-state index in [0.717, 1.165) is 17.5 Å². The van der Waals surface area contributed by atoms with Crippen LogP contribution in [0.3, 0.4) is 0 Å². The summed E-state index contributed by atoms with van der Waals surface area (Å²) in [5.41, 5.74) is 3.56. The molecular formula is C23H20O4. The Labute approximate surface area is 157 Å². The molecule has 2 atom stereocenters. The zero-order valence-corrected chi connectivity index (χ0v) is 14.7. The highest BCUT2D eigenvalue weighted by atomic mass is 16.5. The average Bonchev–Trinajstić information content (AvgIpc) is 2.70. The van der Waals surface area contributed by atoms with Crippen LogP contribution in [0, 0.1) is 5.92 Å². The highest BCUT2D eigenvalue weighted by molar-refractivity contribution is 5.96. The Kier molecular flexibility index (Phi) is 4.65. The highest BCUT2D eigenvalue weighted by Gasteiger charge is 2.30. The van der Waals surface area contributed by atoms with E-state index in [0.29, 0.717) is 17.9 Å². The molecule has 1 heterocycles. The molecule has 4 nitrogen and oxygen atoms in total. The van der Waals surface area contributed by atoms with E-state index >= 15 is 0 Å². The van der Waals surface area contributed by atoms with Gasteiger partial charge in [0, 0.05) is 11.5 Å². The molecule has 0 aromatic heterocycles. The van der Waals surface area contributed by atoms with Crippen LogP contribution in [0.2, 0.25) is 0 Å². The van der Waals surface area contributed by atoms with E-state index in [9.17, 15) is 15.0 Å². The van der Waals surface area contributed by atoms with Crippen LogP contribution < -0.4 is 4.74 Å². The quantitative estimate of drug-likeness (QED) is 0.726. The van der Waals surface area contributed by atoms with E-state index in [2.05, 4.69) is 0 Å². The standard InChI is InChI=1S/C23H20O4/c24-22-17(12-15-6-2-1-3-7-15)14-27-21-13-16(10-11-20(21)22)18-8-4-5-9-19(18)23(25)26/h1-11,13,17,22,24H,12,14H2,(H,25,26)/t17-,22+/m0/s1. The molecule has 0 aliphatic carbocycles. The number of rotatable bonds is 4. The van der Waals surface area contributed by atoms with Gasteiger partial charge in [0.1, 0.15) is 5.75 Å². The first-order valence-corrected chi connectivity index (χ1v) is 8.95. The predicted molar refractivity (Wildman–Crippen MR) is 103 cm³/mol. The topological polar surface area (TPSA) is 66.8 Å². The SMILES string of the molecule is O=C(O)c1ccccc1-c1ccc2c(c1)OC[C@H](Cc1ccccc1)[C@H]2O. The molecule has 0 bridgehead atoms. The van der Waals surface area contributed by atoms with Crippen LogP contribution in [-0.4, -0.2) is 22.8 Å². The fourth-order valence-corrected chi connectivity index (χ4v) is 3.62. The number of benzene rings is 3. The number of fused-ring (bicyclic) bond motifs is 1. The first kappa shape index (κ1) is 17.3. The summed E-state index contributed by atoms with van der Waals surface area (Å²) in [6.07, 6.45) is 0.128. The molecule has 3 aromatic carbocycles. The van der Waals surface area contributed by atoms with Crippen molar-refractivity contribution in [3.05, 3.63) is 89.5 Å². The fraction of sp³-hybridized carbons (Fsp3) is 0.174. The fourth-order valence-electron chi connectivity index (χ4n) is 3.62. The van der Waals surface area contributed by atoms with Gasteiger partial charge in [-0.25, -0.2) is 4.79 Å². The minimum atomic E-state index is -0.966. The van der Waals surface area contributed by atoms with Crippen molar-refractivity contribution in [2.45, 2.75) is 12.5 Å². The lowest BCUT2D eigenvalue weighted by Crippen LogP contribution is -2.27. The summed E-state index contributed by atoms with van der Waals surface area (Å²) in [5, 5.41) is 20.2. The Morgan fingerprint density at radius 3 is 2.52 bits per heavy atom. The maximum absolute atomic E-state index is 11.5. The largest absolute Gasteiger partial charge is 0.493 e. The van der Waals surface area contributed by atoms with Crippen LogP contribution in [0.25, 0.3) is 11.1 Å². The lowest BCUT2D eigenvalue weighted by atomic mass is 9.87. The normalized spacial score (nSPS) is 18.4. The third kappa shape index (κ3) is 3.44. The molecule has 0 spiro atoms. The smallest absolute Gasteiger partial charge is 0.336 e. The number of carbonyl (C=O) groups is 1. The Bertz CT molecular complexity index is 965. The average molecular weight is 360 g/mol. The monoisotopic (exact) mass is 360 g/mol. The summed E-state index contributed by atoms with van der Waals surface area (Å²) in [6, 6.07) is 22.4. The maximum atomic E-state index is 11.5. The molecule has 0 fully saturated rings. The number of hydrogen-bond donors (Lipinski definition) is 2. The first-order chi connectivity index (χ1) is 13.1. The van der Waals surface area contributed by atoms with E-state index < -0.39 is 12.1 Å². The maximum Gasteiger partial charge on any atom is 0.336 e. The Morgan fingerprint density at radius 2 is 1.74 bits per heavy atom. The molecule has 1 aliphatic heterocycles. The third-order valence-corrected chi connectivity index (χ3v) is 5.04. The molecule has 2 N–H and O–H groups in total. The van der Waals surface area contributed by atoms with Crippen LogP contribution in [0.5, 0.6) is 5.75 Å². The molecule has 1 aliphatic rings. The minimum absolute atomic E-state index is 0.0166. The summed E-state index contributed by atoms with van der Waals surface area (Å²) in [4.78, 5) is 11.5. The molecule has 136 valence electrons. The number of aliphatic hydroxyl groups excluding tert-OH is 1.